The number of hydrogen-bond donors (Lipinski definition) is 0. The first-order chi connectivity index (χ1) is 11.6. The Morgan fingerprint density at radius 2 is 1.33 bits per heavy atom. The van der Waals surface area contributed by atoms with Crippen LogP contribution in [0, 0.1) is 5.82 Å². The Morgan fingerprint density at radius 3 is 1.88 bits per heavy atom. The zero-order valence-corrected chi connectivity index (χ0v) is 13.9. The second kappa shape index (κ2) is 7.17. The van der Waals surface area contributed by atoms with Crippen molar-refractivity contribution in [2.75, 3.05) is 64.3 Å². The summed E-state index contributed by atoms with van der Waals surface area (Å²) in [6.07, 6.45) is 0. The summed E-state index contributed by atoms with van der Waals surface area (Å²) in [4.78, 5) is 32.0. The van der Waals surface area contributed by atoms with Crippen molar-refractivity contribution in [3.05, 3.63) is 30.1 Å². The quantitative estimate of drug-likeness (QED) is 0.691. The maximum atomic E-state index is 13.8. The third kappa shape index (κ3) is 3.51. The minimum atomic E-state index is -0.437. The van der Waals surface area contributed by atoms with Gasteiger partial charge in [0.25, 0.3) is 0 Å². The third-order valence-corrected chi connectivity index (χ3v) is 4.73. The molecule has 2 amide bonds. The molecule has 2 saturated heterocycles. The Morgan fingerprint density at radius 1 is 0.833 bits per heavy atom. The van der Waals surface area contributed by atoms with Crippen LogP contribution in [0.25, 0.3) is 0 Å². The number of nitrogens with zero attached hydrogens (tertiary/aromatic N) is 4. The van der Waals surface area contributed by atoms with Gasteiger partial charge in [-0.05, 0) is 19.2 Å². The lowest BCUT2D eigenvalue weighted by atomic mass is 10.2. The van der Waals surface area contributed by atoms with Crippen molar-refractivity contribution >= 4 is 17.5 Å². The summed E-state index contributed by atoms with van der Waals surface area (Å²) in [5.74, 6) is -1.11. The van der Waals surface area contributed by atoms with Crippen molar-refractivity contribution in [3.63, 3.8) is 0 Å². The molecule has 0 aliphatic carbocycles. The number of rotatable bonds is 1. The highest BCUT2D eigenvalue weighted by molar-refractivity contribution is 6.35. The molecule has 24 heavy (non-hydrogen) atoms. The molecule has 7 heteroatoms. The smallest absolute Gasteiger partial charge is 0.312 e. The lowest BCUT2D eigenvalue weighted by Gasteiger charge is -2.37. The van der Waals surface area contributed by atoms with Gasteiger partial charge in [-0.2, -0.15) is 0 Å². The monoisotopic (exact) mass is 334 g/mol. The number of anilines is 1. The van der Waals surface area contributed by atoms with Crippen LogP contribution in [0.3, 0.4) is 0 Å². The molecular weight excluding hydrogens is 311 g/mol. The number of carbonyl (C=O) groups is 2. The summed E-state index contributed by atoms with van der Waals surface area (Å²) in [5, 5.41) is 0. The van der Waals surface area contributed by atoms with Crippen molar-refractivity contribution in [3.8, 4) is 0 Å². The lowest BCUT2D eigenvalue weighted by Crippen LogP contribution is -2.56. The molecule has 0 spiro atoms. The highest BCUT2D eigenvalue weighted by Crippen LogP contribution is 2.20. The lowest BCUT2D eigenvalue weighted by molar-refractivity contribution is -0.152. The van der Waals surface area contributed by atoms with Gasteiger partial charge in [-0.25, -0.2) is 4.39 Å². The zero-order chi connectivity index (χ0) is 17.1. The molecule has 2 aliphatic heterocycles. The summed E-state index contributed by atoms with van der Waals surface area (Å²) in [6.45, 7) is 4.71. The average Bonchev–Trinajstić information content (AvgIpc) is 2.62. The Labute approximate surface area is 141 Å². The first kappa shape index (κ1) is 16.7. The van der Waals surface area contributed by atoms with Crippen LogP contribution in [0.2, 0.25) is 0 Å². The van der Waals surface area contributed by atoms with Gasteiger partial charge >= 0.3 is 11.8 Å². The summed E-state index contributed by atoms with van der Waals surface area (Å²) in [7, 11) is 2.01. The molecule has 0 unspecified atom stereocenters. The SMILES string of the molecule is CN1CCN(C(=O)C(=O)N2CCN(c3ccccc3F)CC2)CC1. The van der Waals surface area contributed by atoms with Gasteiger partial charge in [-0.1, -0.05) is 12.1 Å². The molecule has 2 heterocycles. The molecule has 0 aromatic heterocycles. The fourth-order valence-electron chi connectivity index (χ4n) is 3.14. The Balaban J connectivity index is 1.55. The van der Waals surface area contributed by atoms with Crippen LogP contribution in [0.15, 0.2) is 24.3 Å². The van der Waals surface area contributed by atoms with E-state index in [9.17, 15) is 14.0 Å². The van der Waals surface area contributed by atoms with E-state index in [2.05, 4.69) is 4.90 Å². The maximum absolute atomic E-state index is 13.8. The summed E-state index contributed by atoms with van der Waals surface area (Å²) < 4.78 is 13.8. The first-order valence-electron chi connectivity index (χ1n) is 8.32. The van der Waals surface area contributed by atoms with Crippen molar-refractivity contribution < 1.29 is 14.0 Å². The van der Waals surface area contributed by atoms with Crippen LogP contribution in [-0.4, -0.2) is 85.9 Å². The number of hydrogen-bond acceptors (Lipinski definition) is 4. The van der Waals surface area contributed by atoms with E-state index in [4.69, 9.17) is 0 Å². The second-order valence-corrected chi connectivity index (χ2v) is 6.33. The fraction of sp³-hybridized carbons (Fsp3) is 0.529. The molecule has 0 atom stereocenters. The third-order valence-electron chi connectivity index (χ3n) is 4.73. The summed E-state index contributed by atoms with van der Waals surface area (Å²) in [5.41, 5.74) is 0.551. The van der Waals surface area contributed by atoms with Crippen LogP contribution >= 0.6 is 0 Å². The van der Waals surface area contributed by atoms with E-state index in [1.54, 1.807) is 28.0 Å². The molecule has 0 bridgehead atoms. The van der Waals surface area contributed by atoms with Gasteiger partial charge in [-0.15, -0.1) is 0 Å². The largest absolute Gasteiger partial charge is 0.366 e. The second-order valence-electron chi connectivity index (χ2n) is 6.33. The highest BCUT2D eigenvalue weighted by atomic mass is 19.1. The number of benzene rings is 1. The average molecular weight is 334 g/mol. The summed E-state index contributed by atoms with van der Waals surface area (Å²) >= 11 is 0. The van der Waals surface area contributed by atoms with Crippen molar-refractivity contribution in [2.45, 2.75) is 0 Å². The van der Waals surface area contributed by atoms with E-state index in [1.807, 2.05) is 11.9 Å². The molecular formula is C17H23FN4O2. The molecule has 0 saturated carbocycles. The van der Waals surface area contributed by atoms with E-state index in [0.29, 0.717) is 45.0 Å². The standard InChI is InChI=1S/C17H23FN4O2/c1-19-6-8-21(9-7-19)16(23)17(24)22-12-10-20(11-13-22)15-5-3-2-4-14(15)18/h2-5H,6-13H2,1H3. The van der Waals surface area contributed by atoms with Crippen LogP contribution in [0.4, 0.5) is 10.1 Å². The van der Waals surface area contributed by atoms with Gasteiger partial charge in [0, 0.05) is 52.4 Å². The molecule has 0 radical (unpaired) electrons. The summed E-state index contributed by atoms with van der Waals surface area (Å²) in [6, 6.07) is 6.63. The van der Waals surface area contributed by atoms with Crippen molar-refractivity contribution in [2.24, 2.45) is 0 Å². The van der Waals surface area contributed by atoms with Gasteiger partial charge < -0.3 is 19.6 Å². The zero-order valence-electron chi connectivity index (χ0n) is 13.9. The molecule has 3 rings (SSSR count). The van der Waals surface area contributed by atoms with Crippen LogP contribution in [0.5, 0.6) is 0 Å². The topological polar surface area (TPSA) is 47.1 Å². The van der Waals surface area contributed by atoms with Gasteiger partial charge in [-0.3, -0.25) is 9.59 Å². The van der Waals surface area contributed by atoms with Crippen LogP contribution in [-0.2, 0) is 9.59 Å². The van der Waals surface area contributed by atoms with E-state index in [0.717, 1.165) is 13.1 Å². The van der Waals surface area contributed by atoms with Gasteiger partial charge in [0.1, 0.15) is 5.82 Å². The van der Waals surface area contributed by atoms with Gasteiger partial charge in [0.15, 0.2) is 0 Å². The molecule has 130 valence electrons. The number of halogens is 1. The number of carbonyl (C=O) groups excluding carboxylic acids is 2. The number of amides is 2. The predicted octanol–water partition coefficient (Wildman–Crippen LogP) is 0.248. The van der Waals surface area contributed by atoms with Crippen molar-refractivity contribution in [1.29, 1.82) is 0 Å². The van der Waals surface area contributed by atoms with E-state index < -0.39 is 11.8 Å². The molecule has 1 aromatic carbocycles. The van der Waals surface area contributed by atoms with E-state index >= 15 is 0 Å². The molecule has 2 aliphatic rings. The first-order valence-corrected chi connectivity index (χ1v) is 8.32. The minimum Gasteiger partial charge on any atom is -0.366 e. The van der Waals surface area contributed by atoms with Crippen molar-refractivity contribution in [1.82, 2.24) is 14.7 Å². The highest BCUT2D eigenvalue weighted by Gasteiger charge is 2.31. The van der Waals surface area contributed by atoms with Gasteiger partial charge in [0.05, 0.1) is 5.69 Å². The molecule has 6 nitrogen and oxygen atoms in total. The maximum Gasteiger partial charge on any atom is 0.312 e. The number of piperazine rings is 2. The van der Waals surface area contributed by atoms with Crippen LogP contribution < -0.4 is 4.90 Å². The molecule has 2 fully saturated rings. The molecule has 1 aromatic rings. The van der Waals surface area contributed by atoms with Crippen LogP contribution in [0.1, 0.15) is 0 Å². The van der Waals surface area contributed by atoms with E-state index in [1.165, 1.54) is 6.07 Å². The molecule has 0 N–H and O–H groups in total. The minimum absolute atomic E-state index is 0.259. The number of para-hydroxylation sites is 1. The number of likely N-dealkylation sites (N-methyl/N-ethyl adjacent to an activating group) is 1. The fourth-order valence-corrected chi connectivity index (χ4v) is 3.14. The normalized spacial score (nSPS) is 19.5. The Bertz CT molecular complexity index is 608. The predicted molar refractivity (Wildman–Crippen MR) is 89.3 cm³/mol. The Hall–Kier alpha value is -2.15. The van der Waals surface area contributed by atoms with Gasteiger partial charge in [0.2, 0.25) is 0 Å². The van der Waals surface area contributed by atoms with E-state index in [-0.39, 0.29) is 5.82 Å². The Kier molecular flexibility index (Phi) is 4.99.